The highest BCUT2D eigenvalue weighted by molar-refractivity contribution is 5.14. The van der Waals surface area contributed by atoms with E-state index < -0.39 is 5.97 Å². The summed E-state index contributed by atoms with van der Waals surface area (Å²) in [6.45, 7) is 0.799. The van der Waals surface area contributed by atoms with Crippen LogP contribution in [0.25, 0.3) is 0 Å². The molecule has 0 saturated carbocycles. The van der Waals surface area contributed by atoms with Crippen molar-refractivity contribution in [2.24, 2.45) is 11.5 Å². The maximum atomic E-state index is 8.05. The van der Waals surface area contributed by atoms with Gasteiger partial charge in [-0.25, -0.2) is 0 Å². The Labute approximate surface area is 95.3 Å². The van der Waals surface area contributed by atoms with Crippen LogP contribution in [-0.4, -0.2) is 34.4 Å². The third-order valence-electron chi connectivity index (χ3n) is 1.76. The molecule has 0 radical (unpaired) electrons. The van der Waals surface area contributed by atoms with Crippen LogP contribution in [0.2, 0.25) is 0 Å². The molecule has 92 valence electrons. The summed E-state index contributed by atoms with van der Waals surface area (Å²) in [6, 6.07) is 10.3. The van der Waals surface area contributed by atoms with Crippen LogP contribution in [-0.2, 0) is 6.42 Å². The molecular weight excluding hydrogens is 208 g/mol. The molecule has 0 aromatic heterocycles. The molecule has 0 bridgehead atoms. The lowest BCUT2D eigenvalue weighted by atomic mass is 10.2. The van der Waals surface area contributed by atoms with Crippen molar-refractivity contribution in [1.29, 1.82) is 0 Å². The summed E-state index contributed by atoms with van der Waals surface area (Å²) >= 11 is 0. The minimum Gasteiger partial charge on any atom is -0.344 e. The summed E-state index contributed by atoms with van der Waals surface area (Å²) in [5.41, 5.74) is 11.5. The van der Waals surface area contributed by atoms with Crippen molar-refractivity contribution in [2.45, 2.75) is 18.8 Å². The van der Waals surface area contributed by atoms with Crippen LogP contribution in [0.5, 0.6) is 0 Å². The standard InChI is InChI=1S/C8H11N.C3H9NO3/c9-7-6-8-4-2-1-3-5-8;4-2-1-3(5,6)7/h1-5H,6-7,9H2;5-7H,1-2,4H2. The lowest BCUT2D eigenvalue weighted by Crippen LogP contribution is -2.29. The Morgan fingerprint density at radius 3 is 1.81 bits per heavy atom. The van der Waals surface area contributed by atoms with E-state index in [0.29, 0.717) is 0 Å². The normalized spacial score (nSPS) is 10.6. The second-order valence-corrected chi connectivity index (χ2v) is 3.34. The predicted molar refractivity (Wildman–Crippen MR) is 62.3 cm³/mol. The fourth-order valence-electron chi connectivity index (χ4n) is 1.00. The topological polar surface area (TPSA) is 113 Å². The minimum absolute atomic E-state index is 0.0590. The molecule has 0 saturated heterocycles. The van der Waals surface area contributed by atoms with Gasteiger partial charge < -0.3 is 26.8 Å². The van der Waals surface area contributed by atoms with E-state index in [9.17, 15) is 0 Å². The van der Waals surface area contributed by atoms with Gasteiger partial charge in [-0.1, -0.05) is 30.3 Å². The van der Waals surface area contributed by atoms with Gasteiger partial charge in [0, 0.05) is 6.42 Å². The molecule has 0 amide bonds. The third kappa shape index (κ3) is 9.57. The van der Waals surface area contributed by atoms with Crippen LogP contribution in [0.4, 0.5) is 0 Å². The quantitative estimate of drug-likeness (QED) is 0.431. The number of aliphatic hydroxyl groups is 3. The molecule has 1 rings (SSSR count). The van der Waals surface area contributed by atoms with Crippen molar-refractivity contribution in [3.8, 4) is 0 Å². The molecule has 5 heteroatoms. The van der Waals surface area contributed by atoms with Gasteiger partial charge in [0.15, 0.2) is 0 Å². The van der Waals surface area contributed by atoms with E-state index in [2.05, 4.69) is 12.1 Å². The van der Waals surface area contributed by atoms with Crippen molar-refractivity contribution >= 4 is 0 Å². The average molecular weight is 228 g/mol. The number of hydrogen-bond acceptors (Lipinski definition) is 5. The van der Waals surface area contributed by atoms with E-state index in [1.165, 1.54) is 5.56 Å². The lowest BCUT2D eigenvalue weighted by Gasteiger charge is -2.10. The Morgan fingerprint density at radius 2 is 1.50 bits per heavy atom. The number of benzene rings is 1. The molecule has 16 heavy (non-hydrogen) atoms. The highest BCUT2D eigenvalue weighted by Gasteiger charge is 2.14. The Bertz CT molecular complexity index is 260. The van der Waals surface area contributed by atoms with Gasteiger partial charge in [0.25, 0.3) is 5.97 Å². The maximum absolute atomic E-state index is 8.05. The van der Waals surface area contributed by atoms with Crippen molar-refractivity contribution in [1.82, 2.24) is 0 Å². The molecule has 0 heterocycles. The number of rotatable bonds is 4. The highest BCUT2D eigenvalue weighted by atomic mass is 16.7. The predicted octanol–water partition coefficient (Wildman–Crippen LogP) is -0.846. The first-order valence-electron chi connectivity index (χ1n) is 5.11. The van der Waals surface area contributed by atoms with Gasteiger partial charge >= 0.3 is 0 Å². The molecule has 7 N–H and O–H groups in total. The summed E-state index contributed by atoms with van der Waals surface area (Å²) in [4.78, 5) is 0. The zero-order valence-electron chi connectivity index (χ0n) is 9.21. The van der Waals surface area contributed by atoms with E-state index in [0.717, 1.165) is 13.0 Å². The first kappa shape index (κ1) is 15.0. The van der Waals surface area contributed by atoms with Crippen LogP contribution in [0.1, 0.15) is 12.0 Å². The highest BCUT2D eigenvalue weighted by Crippen LogP contribution is 1.97. The minimum atomic E-state index is -2.57. The Hall–Kier alpha value is -0.980. The van der Waals surface area contributed by atoms with Gasteiger partial charge in [-0.3, -0.25) is 0 Å². The molecular formula is C11H20N2O3. The molecule has 0 atom stereocenters. The summed E-state index contributed by atoms with van der Waals surface area (Å²) < 4.78 is 0. The first-order chi connectivity index (χ1) is 7.49. The Morgan fingerprint density at radius 1 is 0.938 bits per heavy atom. The summed E-state index contributed by atoms with van der Waals surface area (Å²) in [5.74, 6) is -2.57. The summed E-state index contributed by atoms with van der Waals surface area (Å²) in [7, 11) is 0. The Balaban J connectivity index is 0.000000293. The Kier molecular flexibility index (Phi) is 7.70. The van der Waals surface area contributed by atoms with Crippen LogP contribution in [0.15, 0.2) is 30.3 Å². The zero-order valence-corrected chi connectivity index (χ0v) is 9.21. The van der Waals surface area contributed by atoms with Crippen molar-refractivity contribution in [3.05, 3.63) is 35.9 Å². The van der Waals surface area contributed by atoms with Crippen LogP contribution in [0.3, 0.4) is 0 Å². The van der Waals surface area contributed by atoms with E-state index >= 15 is 0 Å². The smallest absolute Gasteiger partial charge is 0.276 e. The SMILES string of the molecule is NCCC(O)(O)O.NCCc1ccccc1. The van der Waals surface area contributed by atoms with E-state index in [-0.39, 0.29) is 13.0 Å². The maximum Gasteiger partial charge on any atom is 0.276 e. The van der Waals surface area contributed by atoms with Crippen molar-refractivity contribution in [2.75, 3.05) is 13.1 Å². The van der Waals surface area contributed by atoms with Crippen LogP contribution < -0.4 is 11.5 Å². The molecule has 0 aliphatic heterocycles. The van der Waals surface area contributed by atoms with Gasteiger partial charge in [-0.15, -0.1) is 0 Å². The van der Waals surface area contributed by atoms with Crippen LogP contribution in [0, 0.1) is 0 Å². The van der Waals surface area contributed by atoms with Crippen LogP contribution >= 0.6 is 0 Å². The molecule has 1 aromatic rings. The molecule has 1 aromatic carbocycles. The van der Waals surface area contributed by atoms with E-state index in [1.807, 2.05) is 18.2 Å². The summed E-state index contributed by atoms with van der Waals surface area (Å²) in [6.07, 6.45) is 0.772. The van der Waals surface area contributed by atoms with Gasteiger partial charge in [-0.05, 0) is 25.1 Å². The largest absolute Gasteiger partial charge is 0.344 e. The van der Waals surface area contributed by atoms with E-state index in [1.54, 1.807) is 0 Å². The lowest BCUT2D eigenvalue weighted by molar-refractivity contribution is -0.312. The number of hydrogen-bond donors (Lipinski definition) is 5. The van der Waals surface area contributed by atoms with Gasteiger partial charge in [0.2, 0.25) is 0 Å². The fraction of sp³-hybridized carbons (Fsp3) is 0.455. The second kappa shape index (κ2) is 8.20. The van der Waals surface area contributed by atoms with Crippen molar-refractivity contribution in [3.63, 3.8) is 0 Å². The molecule has 0 unspecified atom stereocenters. The molecule has 0 aliphatic rings. The molecule has 0 fully saturated rings. The third-order valence-corrected chi connectivity index (χ3v) is 1.76. The fourth-order valence-corrected chi connectivity index (χ4v) is 1.00. The summed E-state index contributed by atoms with van der Waals surface area (Å²) in [5, 5.41) is 24.1. The first-order valence-corrected chi connectivity index (χ1v) is 5.11. The van der Waals surface area contributed by atoms with Gasteiger partial charge in [0.05, 0.1) is 0 Å². The van der Waals surface area contributed by atoms with Crippen molar-refractivity contribution < 1.29 is 15.3 Å². The van der Waals surface area contributed by atoms with Gasteiger partial charge in [-0.2, -0.15) is 0 Å². The van der Waals surface area contributed by atoms with Gasteiger partial charge in [0.1, 0.15) is 0 Å². The number of nitrogens with two attached hydrogens (primary N) is 2. The molecule has 5 nitrogen and oxygen atoms in total. The second-order valence-electron chi connectivity index (χ2n) is 3.34. The molecule has 0 aliphatic carbocycles. The zero-order chi connectivity index (χ0) is 12.4. The van der Waals surface area contributed by atoms with E-state index in [4.69, 9.17) is 26.8 Å². The monoisotopic (exact) mass is 228 g/mol. The molecule has 0 spiro atoms. The average Bonchev–Trinajstić information content (AvgIpc) is 2.19.